The molecule has 0 aliphatic heterocycles. The number of hydrogen-bond donors (Lipinski definition) is 1. The van der Waals surface area contributed by atoms with Crippen molar-refractivity contribution in [2.75, 3.05) is 0 Å². The second-order valence-corrected chi connectivity index (χ2v) is 7.10. The van der Waals surface area contributed by atoms with Gasteiger partial charge in [-0.05, 0) is 69.6 Å². The highest BCUT2D eigenvalue weighted by Gasteiger charge is 2.49. The monoisotopic (exact) mass is 296 g/mol. The molecule has 21 heavy (non-hydrogen) atoms. The summed E-state index contributed by atoms with van der Waals surface area (Å²) in [6.07, 6.45) is 5.87. The minimum Gasteiger partial charge on any atom is -0.481 e. The molecule has 0 aromatic rings. The lowest BCUT2D eigenvalue weighted by molar-refractivity contribution is -0.221. The van der Waals surface area contributed by atoms with E-state index in [1.807, 2.05) is 0 Å². The van der Waals surface area contributed by atoms with Crippen LogP contribution in [0.1, 0.15) is 46.0 Å². The Morgan fingerprint density at radius 2 is 1.52 bits per heavy atom. The molecule has 5 nitrogen and oxygen atoms in total. The molecule has 2 unspecified atom stereocenters. The lowest BCUT2D eigenvalue weighted by atomic mass is 9.55. The van der Waals surface area contributed by atoms with E-state index in [-0.39, 0.29) is 6.10 Å². The first-order chi connectivity index (χ1) is 9.94. The number of aliphatic carboxylic acids is 1. The minimum absolute atomic E-state index is 0.181. The summed E-state index contributed by atoms with van der Waals surface area (Å²) in [5.41, 5.74) is 0. The molecule has 0 spiro atoms. The van der Waals surface area contributed by atoms with Gasteiger partial charge in [0, 0.05) is 0 Å². The predicted octanol–water partition coefficient (Wildman–Crippen LogP) is 2.44. The molecule has 0 radical (unpaired) electrons. The van der Waals surface area contributed by atoms with Gasteiger partial charge in [-0.15, -0.1) is 0 Å². The number of esters is 1. The van der Waals surface area contributed by atoms with E-state index in [0.717, 1.165) is 11.8 Å². The van der Waals surface area contributed by atoms with Crippen molar-refractivity contribution in [3.8, 4) is 0 Å². The second kappa shape index (κ2) is 5.59. The molecule has 4 fully saturated rings. The maximum absolute atomic E-state index is 11.7. The van der Waals surface area contributed by atoms with Crippen molar-refractivity contribution in [2.45, 2.75) is 58.3 Å². The quantitative estimate of drug-likeness (QED) is 0.479. The van der Waals surface area contributed by atoms with E-state index in [0.29, 0.717) is 11.8 Å². The van der Waals surface area contributed by atoms with Crippen LogP contribution in [0.4, 0.5) is 0 Å². The molecule has 0 aromatic carbocycles. The van der Waals surface area contributed by atoms with Gasteiger partial charge in [-0.2, -0.15) is 0 Å². The maximum atomic E-state index is 11.7. The number of rotatable bonds is 5. The summed E-state index contributed by atoms with van der Waals surface area (Å²) in [6, 6.07) is 0. The molecular formula is C16H24O5. The predicted molar refractivity (Wildman–Crippen MR) is 74.3 cm³/mol. The average Bonchev–Trinajstić information content (AvgIpc) is 2.40. The molecule has 0 aromatic heterocycles. The molecule has 118 valence electrons. The molecule has 4 bridgehead atoms. The number of carbonyl (C=O) groups excluding carboxylic acids is 1. The van der Waals surface area contributed by atoms with Crippen LogP contribution >= 0.6 is 0 Å². The van der Waals surface area contributed by atoms with Crippen LogP contribution in [-0.2, 0) is 19.1 Å². The van der Waals surface area contributed by atoms with Crippen LogP contribution in [0, 0.1) is 29.6 Å². The number of carbonyl (C=O) groups is 2. The largest absolute Gasteiger partial charge is 0.481 e. The first-order valence-corrected chi connectivity index (χ1v) is 8.02. The van der Waals surface area contributed by atoms with Crippen molar-refractivity contribution in [1.82, 2.24) is 0 Å². The van der Waals surface area contributed by atoms with Crippen LogP contribution in [0.25, 0.3) is 0 Å². The number of hydrogen-bond acceptors (Lipinski definition) is 4. The second-order valence-electron chi connectivity index (χ2n) is 7.10. The number of ether oxygens (including phenoxy) is 2. The SMILES string of the molecule is CC(OC(=O)C(C)C(=O)O)OC1C2CC3CC(C2)CC1C3. The van der Waals surface area contributed by atoms with E-state index in [4.69, 9.17) is 14.6 Å². The molecule has 2 atom stereocenters. The summed E-state index contributed by atoms with van der Waals surface area (Å²) in [5, 5.41) is 8.81. The third-order valence-electron chi connectivity index (χ3n) is 5.50. The van der Waals surface area contributed by atoms with Crippen molar-refractivity contribution >= 4 is 11.9 Å². The molecule has 0 saturated heterocycles. The standard InChI is InChI=1S/C16H24O5/c1-8(15(17)18)16(19)21-9(2)20-14-12-4-10-3-11(6-12)7-13(14)5-10/h8-14H,3-7H2,1-2H3,(H,17,18). The van der Waals surface area contributed by atoms with E-state index >= 15 is 0 Å². The van der Waals surface area contributed by atoms with Gasteiger partial charge in [0.2, 0.25) is 0 Å². The third kappa shape index (κ3) is 2.93. The van der Waals surface area contributed by atoms with Crippen LogP contribution in [0.2, 0.25) is 0 Å². The van der Waals surface area contributed by atoms with Crippen LogP contribution in [0.3, 0.4) is 0 Å². The first-order valence-electron chi connectivity index (χ1n) is 8.02. The van der Waals surface area contributed by atoms with E-state index in [1.54, 1.807) is 6.92 Å². The van der Waals surface area contributed by atoms with E-state index in [1.165, 1.54) is 39.0 Å². The first kappa shape index (κ1) is 14.8. The van der Waals surface area contributed by atoms with E-state index < -0.39 is 24.1 Å². The zero-order chi connectivity index (χ0) is 15.1. The topological polar surface area (TPSA) is 72.8 Å². The van der Waals surface area contributed by atoms with Crippen molar-refractivity contribution in [3.05, 3.63) is 0 Å². The van der Waals surface area contributed by atoms with Crippen LogP contribution in [0.15, 0.2) is 0 Å². The number of carboxylic acids is 1. The van der Waals surface area contributed by atoms with Gasteiger partial charge >= 0.3 is 11.9 Å². The normalized spacial score (nSPS) is 39.8. The van der Waals surface area contributed by atoms with Crippen molar-refractivity contribution < 1.29 is 24.2 Å². The Labute approximate surface area is 125 Å². The molecule has 4 aliphatic rings. The smallest absolute Gasteiger partial charge is 0.322 e. The molecule has 1 N–H and O–H groups in total. The van der Waals surface area contributed by atoms with Crippen molar-refractivity contribution in [3.63, 3.8) is 0 Å². The van der Waals surface area contributed by atoms with Crippen LogP contribution in [-0.4, -0.2) is 29.4 Å². The molecule has 4 saturated carbocycles. The van der Waals surface area contributed by atoms with Gasteiger partial charge in [0.25, 0.3) is 0 Å². The van der Waals surface area contributed by atoms with Gasteiger partial charge in [0.05, 0.1) is 6.10 Å². The van der Waals surface area contributed by atoms with Gasteiger partial charge in [0.1, 0.15) is 0 Å². The Morgan fingerprint density at radius 3 is 2.00 bits per heavy atom. The summed E-state index contributed by atoms with van der Waals surface area (Å²) in [6.45, 7) is 3.03. The highest BCUT2D eigenvalue weighted by atomic mass is 16.7. The van der Waals surface area contributed by atoms with Crippen molar-refractivity contribution in [2.24, 2.45) is 29.6 Å². The lowest BCUT2D eigenvalue weighted by Crippen LogP contribution is -2.50. The molecule has 4 aliphatic carbocycles. The van der Waals surface area contributed by atoms with Gasteiger partial charge in [-0.1, -0.05) is 0 Å². The summed E-state index contributed by atoms with van der Waals surface area (Å²) in [4.78, 5) is 22.4. The van der Waals surface area contributed by atoms with Crippen molar-refractivity contribution in [1.29, 1.82) is 0 Å². The molecule has 0 amide bonds. The molecule has 0 heterocycles. The fourth-order valence-corrected chi connectivity index (χ4v) is 4.71. The van der Waals surface area contributed by atoms with Gasteiger partial charge in [-0.25, -0.2) is 0 Å². The summed E-state index contributed by atoms with van der Waals surface area (Å²) >= 11 is 0. The molecular weight excluding hydrogens is 272 g/mol. The van der Waals surface area contributed by atoms with Gasteiger partial charge in [-0.3, -0.25) is 9.59 Å². The molecule has 5 heteroatoms. The Kier molecular flexibility index (Phi) is 3.95. The minimum atomic E-state index is -1.16. The average molecular weight is 296 g/mol. The molecule has 4 rings (SSSR count). The fourth-order valence-electron chi connectivity index (χ4n) is 4.71. The summed E-state index contributed by atoms with van der Waals surface area (Å²) in [5.74, 6) is -0.0942. The Hall–Kier alpha value is -1.10. The zero-order valence-electron chi connectivity index (χ0n) is 12.7. The fraction of sp³-hybridized carbons (Fsp3) is 0.875. The van der Waals surface area contributed by atoms with Gasteiger partial charge in [0.15, 0.2) is 12.2 Å². The Bertz CT molecular complexity index is 404. The van der Waals surface area contributed by atoms with E-state index in [9.17, 15) is 9.59 Å². The van der Waals surface area contributed by atoms with E-state index in [2.05, 4.69) is 0 Å². The highest BCUT2D eigenvalue weighted by Crippen LogP contribution is 2.54. The maximum Gasteiger partial charge on any atom is 0.322 e. The lowest BCUT2D eigenvalue weighted by Gasteiger charge is -2.54. The highest BCUT2D eigenvalue weighted by molar-refractivity contribution is 5.93. The Morgan fingerprint density at radius 1 is 1.00 bits per heavy atom. The van der Waals surface area contributed by atoms with Crippen LogP contribution < -0.4 is 0 Å². The zero-order valence-corrected chi connectivity index (χ0v) is 12.7. The number of carboxylic acid groups (broad SMARTS) is 1. The summed E-state index contributed by atoms with van der Waals surface area (Å²) in [7, 11) is 0. The van der Waals surface area contributed by atoms with Gasteiger partial charge < -0.3 is 14.6 Å². The third-order valence-corrected chi connectivity index (χ3v) is 5.50. The Balaban J connectivity index is 1.54. The van der Waals surface area contributed by atoms with Crippen LogP contribution in [0.5, 0.6) is 0 Å². The summed E-state index contributed by atoms with van der Waals surface area (Å²) < 4.78 is 11.1.